The molecule has 2 aliphatic heterocycles. The third-order valence-corrected chi connectivity index (χ3v) is 4.80. The molecule has 26 heavy (non-hydrogen) atoms. The molecule has 7 heteroatoms. The van der Waals surface area contributed by atoms with Crippen LogP contribution in [0.4, 0.5) is 10.5 Å². The molecule has 1 aromatic carbocycles. The van der Waals surface area contributed by atoms with Crippen molar-refractivity contribution in [3.05, 3.63) is 53.9 Å². The Labute approximate surface area is 151 Å². The highest BCUT2D eigenvalue weighted by molar-refractivity contribution is 5.95. The van der Waals surface area contributed by atoms with Crippen LogP contribution in [0.3, 0.4) is 0 Å². The minimum atomic E-state index is -0.339. The number of rotatable bonds is 2. The maximum absolute atomic E-state index is 12.9. The molecule has 1 saturated heterocycles. The van der Waals surface area contributed by atoms with Crippen molar-refractivity contribution in [2.45, 2.75) is 19.0 Å². The van der Waals surface area contributed by atoms with Crippen LogP contribution in [-0.4, -0.2) is 48.2 Å². The third-order valence-electron chi connectivity index (χ3n) is 4.80. The Morgan fingerprint density at radius 1 is 1.35 bits per heavy atom. The Morgan fingerprint density at radius 3 is 3.00 bits per heavy atom. The second kappa shape index (κ2) is 6.67. The highest BCUT2D eigenvalue weighted by Gasteiger charge is 2.37. The number of ether oxygens (including phenoxy) is 2. The molecule has 2 aromatic rings. The molecule has 0 spiro atoms. The minimum Gasteiger partial charge on any atom is -0.497 e. The number of benzene rings is 1. The van der Waals surface area contributed by atoms with Crippen LogP contribution in [0.25, 0.3) is 0 Å². The molecule has 4 rings (SSSR count). The number of cyclic esters (lactones) is 1. The van der Waals surface area contributed by atoms with Gasteiger partial charge in [-0.05, 0) is 42.3 Å². The standard InChI is InChI=1S/C19H19N3O4/c1-25-16-4-5-17-14(9-16)11-21(18(23)13-3-2-7-20-10-13)8-6-15-12-26-19(24)22(15)17/h2-5,7,9-10,15H,6,8,11-12H2,1H3/t15-/m0/s1. The van der Waals surface area contributed by atoms with E-state index in [0.29, 0.717) is 37.4 Å². The quantitative estimate of drug-likeness (QED) is 0.829. The molecule has 0 N–H and O–H groups in total. The van der Waals surface area contributed by atoms with Crippen LogP contribution in [0, 0.1) is 0 Å². The van der Waals surface area contributed by atoms with Crippen LogP contribution in [-0.2, 0) is 11.3 Å². The van der Waals surface area contributed by atoms with Gasteiger partial charge in [-0.1, -0.05) is 0 Å². The Bertz CT molecular complexity index is 840. The van der Waals surface area contributed by atoms with Gasteiger partial charge in [0.15, 0.2) is 0 Å². The summed E-state index contributed by atoms with van der Waals surface area (Å²) in [6.45, 7) is 1.25. The number of carbonyl (C=O) groups excluding carboxylic acids is 2. The van der Waals surface area contributed by atoms with E-state index in [1.807, 2.05) is 18.2 Å². The van der Waals surface area contributed by atoms with Crippen LogP contribution in [0.15, 0.2) is 42.7 Å². The van der Waals surface area contributed by atoms with Gasteiger partial charge in [0, 0.05) is 25.5 Å². The van der Waals surface area contributed by atoms with Crippen LogP contribution >= 0.6 is 0 Å². The first-order valence-corrected chi connectivity index (χ1v) is 8.49. The van der Waals surface area contributed by atoms with Crippen LogP contribution in [0.1, 0.15) is 22.3 Å². The smallest absolute Gasteiger partial charge is 0.414 e. The van der Waals surface area contributed by atoms with Gasteiger partial charge in [0.05, 0.1) is 24.4 Å². The van der Waals surface area contributed by atoms with Gasteiger partial charge in [0.1, 0.15) is 12.4 Å². The van der Waals surface area contributed by atoms with Gasteiger partial charge in [-0.25, -0.2) is 4.79 Å². The molecule has 0 radical (unpaired) electrons. The number of pyridine rings is 1. The molecule has 2 aliphatic rings. The number of fused-ring (bicyclic) bond motifs is 3. The van der Waals surface area contributed by atoms with Crippen molar-refractivity contribution in [3.8, 4) is 5.75 Å². The van der Waals surface area contributed by atoms with E-state index >= 15 is 0 Å². The fourth-order valence-corrected chi connectivity index (χ4v) is 3.45. The molecular formula is C19H19N3O4. The van der Waals surface area contributed by atoms with Gasteiger partial charge in [-0.15, -0.1) is 0 Å². The van der Waals surface area contributed by atoms with Crippen LogP contribution in [0.5, 0.6) is 5.75 Å². The van der Waals surface area contributed by atoms with E-state index in [0.717, 1.165) is 11.3 Å². The van der Waals surface area contributed by atoms with Crippen molar-refractivity contribution in [1.29, 1.82) is 0 Å². The van der Waals surface area contributed by atoms with Crippen molar-refractivity contribution in [2.75, 3.05) is 25.2 Å². The summed E-state index contributed by atoms with van der Waals surface area (Å²) in [5, 5.41) is 0. The molecule has 0 saturated carbocycles. The summed E-state index contributed by atoms with van der Waals surface area (Å²) in [5.74, 6) is 0.604. The van der Waals surface area contributed by atoms with E-state index in [4.69, 9.17) is 9.47 Å². The number of hydrogen-bond acceptors (Lipinski definition) is 5. The average Bonchev–Trinajstić information content (AvgIpc) is 3.03. The van der Waals surface area contributed by atoms with Gasteiger partial charge in [-0.2, -0.15) is 0 Å². The number of nitrogens with zero attached hydrogens (tertiary/aromatic N) is 3. The first-order chi connectivity index (χ1) is 12.7. The highest BCUT2D eigenvalue weighted by Crippen LogP contribution is 2.34. The molecule has 0 aliphatic carbocycles. The molecule has 1 aromatic heterocycles. The Balaban J connectivity index is 1.73. The zero-order chi connectivity index (χ0) is 18.1. The van der Waals surface area contributed by atoms with Crippen molar-refractivity contribution in [1.82, 2.24) is 9.88 Å². The summed E-state index contributed by atoms with van der Waals surface area (Å²) in [6.07, 6.45) is 3.53. The maximum Gasteiger partial charge on any atom is 0.414 e. The van der Waals surface area contributed by atoms with E-state index in [-0.39, 0.29) is 18.0 Å². The maximum atomic E-state index is 12.9. The number of methoxy groups -OCH3 is 1. The second-order valence-corrected chi connectivity index (χ2v) is 6.35. The first kappa shape index (κ1) is 16.4. The Morgan fingerprint density at radius 2 is 2.23 bits per heavy atom. The average molecular weight is 353 g/mol. The molecule has 7 nitrogen and oxygen atoms in total. The minimum absolute atomic E-state index is 0.0782. The fourth-order valence-electron chi connectivity index (χ4n) is 3.45. The summed E-state index contributed by atoms with van der Waals surface area (Å²) in [6, 6.07) is 8.96. The fraction of sp³-hybridized carbons (Fsp3) is 0.316. The summed E-state index contributed by atoms with van der Waals surface area (Å²) in [5.41, 5.74) is 2.17. The lowest BCUT2D eigenvalue weighted by Gasteiger charge is -2.32. The summed E-state index contributed by atoms with van der Waals surface area (Å²) in [7, 11) is 1.59. The second-order valence-electron chi connectivity index (χ2n) is 6.35. The SMILES string of the molecule is COc1ccc2c(c1)CN(C(=O)c1cccnc1)CC[C@H]1COC(=O)N21. The summed E-state index contributed by atoms with van der Waals surface area (Å²) >= 11 is 0. The predicted molar refractivity (Wildman–Crippen MR) is 94.2 cm³/mol. The molecule has 1 fully saturated rings. The molecule has 2 amide bonds. The van der Waals surface area contributed by atoms with E-state index in [9.17, 15) is 9.59 Å². The lowest BCUT2D eigenvalue weighted by atomic mass is 10.0. The Hall–Kier alpha value is -3.09. The third kappa shape index (κ3) is 2.85. The van der Waals surface area contributed by atoms with Crippen molar-refractivity contribution in [2.24, 2.45) is 0 Å². The molecule has 1 atom stereocenters. The number of carbonyl (C=O) groups is 2. The van der Waals surface area contributed by atoms with Gasteiger partial charge in [-0.3, -0.25) is 14.7 Å². The normalized spacial score (nSPS) is 19.1. The lowest BCUT2D eigenvalue weighted by Crippen LogP contribution is -2.42. The molecule has 134 valence electrons. The zero-order valence-electron chi connectivity index (χ0n) is 14.4. The number of aromatic nitrogens is 1. The van der Waals surface area contributed by atoms with E-state index in [1.165, 1.54) is 0 Å². The van der Waals surface area contributed by atoms with Gasteiger partial charge < -0.3 is 14.4 Å². The van der Waals surface area contributed by atoms with E-state index in [1.54, 1.807) is 41.4 Å². The molecule has 0 bridgehead atoms. The topological polar surface area (TPSA) is 72.0 Å². The number of hydrogen-bond donors (Lipinski definition) is 0. The number of amides is 2. The Kier molecular flexibility index (Phi) is 4.20. The van der Waals surface area contributed by atoms with Crippen molar-refractivity contribution in [3.63, 3.8) is 0 Å². The molecular weight excluding hydrogens is 334 g/mol. The van der Waals surface area contributed by atoms with Gasteiger partial charge >= 0.3 is 6.09 Å². The molecule has 3 heterocycles. The van der Waals surface area contributed by atoms with Crippen molar-refractivity contribution >= 4 is 17.7 Å². The van der Waals surface area contributed by atoms with E-state index in [2.05, 4.69) is 4.98 Å². The van der Waals surface area contributed by atoms with Gasteiger partial charge in [0.25, 0.3) is 5.91 Å². The van der Waals surface area contributed by atoms with Crippen LogP contribution < -0.4 is 9.64 Å². The van der Waals surface area contributed by atoms with Crippen LogP contribution in [0.2, 0.25) is 0 Å². The predicted octanol–water partition coefficient (Wildman–Crippen LogP) is 2.46. The zero-order valence-corrected chi connectivity index (χ0v) is 14.4. The van der Waals surface area contributed by atoms with Crippen molar-refractivity contribution < 1.29 is 19.1 Å². The number of anilines is 1. The summed E-state index contributed by atoms with van der Waals surface area (Å²) in [4.78, 5) is 32.7. The first-order valence-electron chi connectivity index (χ1n) is 8.49. The van der Waals surface area contributed by atoms with E-state index < -0.39 is 0 Å². The highest BCUT2D eigenvalue weighted by atomic mass is 16.6. The lowest BCUT2D eigenvalue weighted by molar-refractivity contribution is 0.0734. The van der Waals surface area contributed by atoms with Gasteiger partial charge in [0.2, 0.25) is 0 Å². The summed E-state index contributed by atoms with van der Waals surface area (Å²) < 4.78 is 10.6. The largest absolute Gasteiger partial charge is 0.497 e. The monoisotopic (exact) mass is 353 g/mol. The molecule has 0 unspecified atom stereocenters.